The van der Waals surface area contributed by atoms with Gasteiger partial charge in [-0.1, -0.05) is 17.7 Å². The average Bonchev–Trinajstić information content (AvgIpc) is 2.40. The first-order chi connectivity index (χ1) is 9.97. The maximum absolute atomic E-state index is 3.74. The maximum atomic E-state index is 3.74. The fourth-order valence-corrected chi connectivity index (χ4v) is 3.83. The summed E-state index contributed by atoms with van der Waals surface area (Å²) in [5.74, 6) is 0.918. The number of nitrogens with one attached hydrogen (secondary N) is 1. The number of likely N-dealkylation sites (tertiary alicyclic amines) is 1. The van der Waals surface area contributed by atoms with E-state index < -0.39 is 0 Å². The largest absolute Gasteiger partial charge is 0.310 e. The van der Waals surface area contributed by atoms with Crippen molar-refractivity contribution in [2.45, 2.75) is 53.0 Å². The SMILES string of the molecule is Cc1cc(C)c(C(C)NCCC2CCN(C)CC2)c(C)c1. The molecule has 1 unspecified atom stereocenters. The highest BCUT2D eigenvalue weighted by Crippen LogP contribution is 2.24. The minimum Gasteiger partial charge on any atom is -0.310 e. The Labute approximate surface area is 130 Å². The van der Waals surface area contributed by atoms with Crippen molar-refractivity contribution in [1.82, 2.24) is 10.2 Å². The van der Waals surface area contributed by atoms with Gasteiger partial charge in [0.2, 0.25) is 0 Å². The van der Waals surface area contributed by atoms with Crippen molar-refractivity contribution in [2.75, 3.05) is 26.7 Å². The molecule has 1 aromatic carbocycles. The lowest BCUT2D eigenvalue weighted by molar-refractivity contribution is 0.211. The summed E-state index contributed by atoms with van der Waals surface area (Å²) in [6.45, 7) is 12.7. The van der Waals surface area contributed by atoms with Crippen LogP contribution in [0.4, 0.5) is 0 Å². The third-order valence-electron chi connectivity index (χ3n) is 5.01. The molecule has 0 amide bonds. The van der Waals surface area contributed by atoms with E-state index in [1.165, 1.54) is 54.6 Å². The molecule has 1 aliphatic rings. The second-order valence-corrected chi connectivity index (χ2v) is 7.02. The zero-order chi connectivity index (χ0) is 15.4. The Balaban J connectivity index is 1.83. The standard InChI is InChI=1S/C19H32N2/c1-14-12-15(2)19(16(3)13-14)17(4)20-9-6-18-7-10-21(5)11-8-18/h12-13,17-18,20H,6-11H2,1-5H3. The van der Waals surface area contributed by atoms with E-state index in [1.54, 1.807) is 0 Å². The van der Waals surface area contributed by atoms with E-state index in [0.29, 0.717) is 6.04 Å². The van der Waals surface area contributed by atoms with Gasteiger partial charge in [0, 0.05) is 6.04 Å². The fourth-order valence-electron chi connectivity index (χ4n) is 3.83. The molecule has 0 spiro atoms. The lowest BCUT2D eigenvalue weighted by atomic mass is 9.92. The summed E-state index contributed by atoms with van der Waals surface area (Å²) in [6.07, 6.45) is 4.06. The third kappa shape index (κ3) is 4.55. The van der Waals surface area contributed by atoms with Gasteiger partial charge in [-0.25, -0.2) is 0 Å². The second kappa shape index (κ2) is 7.42. The van der Waals surface area contributed by atoms with Gasteiger partial charge in [-0.3, -0.25) is 0 Å². The number of aryl methyl sites for hydroxylation is 3. The van der Waals surface area contributed by atoms with Crippen LogP contribution in [0, 0.1) is 26.7 Å². The number of nitrogens with zero attached hydrogens (tertiary/aromatic N) is 1. The molecule has 1 aliphatic heterocycles. The summed E-state index contributed by atoms with van der Waals surface area (Å²) in [6, 6.07) is 5.06. The van der Waals surface area contributed by atoms with Crippen LogP contribution in [0.5, 0.6) is 0 Å². The molecule has 0 aliphatic carbocycles. The fraction of sp³-hybridized carbons (Fsp3) is 0.684. The molecule has 21 heavy (non-hydrogen) atoms. The zero-order valence-electron chi connectivity index (χ0n) is 14.5. The summed E-state index contributed by atoms with van der Waals surface area (Å²) in [5, 5.41) is 3.74. The quantitative estimate of drug-likeness (QED) is 0.881. The number of piperidine rings is 1. The molecule has 1 atom stereocenters. The smallest absolute Gasteiger partial charge is 0.0297 e. The summed E-state index contributed by atoms with van der Waals surface area (Å²) in [4.78, 5) is 2.45. The number of hydrogen-bond donors (Lipinski definition) is 1. The van der Waals surface area contributed by atoms with Gasteiger partial charge in [0.1, 0.15) is 0 Å². The first kappa shape index (κ1) is 16.5. The van der Waals surface area contributed by atoms with Crippen molar-refractivity contribution in [3.8, 4) is 0 Å². The van der Waals surface area contributed by atoms with Crippen LogP contribution in [0.1, 0.15) is 54.5 Å². The van der Waals surface area contributed by atoms with Crippen molar-refractivity contribution in [3.05, 3.63) is 34.4 Å². The van der Waals surface area contributed by atoms with E-state index in [2.05, 4.69) is 57.1 Å². The minimum atomic E-state index is 0.455. The Morgan fingerprint density at radius 2 is 1.71 bits per heavy atom. The van der Waals surface area contributed by atoms with Gasteiger partial charge in [0.05, 0.1) is 0 Å². The van der Waals surface area contributed by atoms with Crippen LogP contribution in [0.2, 0.25) is 0 Å². The molecule has 1 heterocycles. The molecule has 2 heteroatoms. The molecule has 2 rings (SSSR count). The number of benzene rings is 1. The third-order valence-corrected chi connectivity index (χ3v) is 5.01. The Morgan fingerprint density at radius 3 is 2.29 bits per heavy atom. The number of rotatable bonds is 5. The molecule has 1 fully saturated rings. The van der Waals surface area contributed by atoms with Gasteiger partial charge in [0.15, 0.2) is 0 Å². The van der Waals surface area contributed by atoms with Gasteiger partial charge in [-0.05, 0) is 96.2 Å². The van der Waals surface area contributed by atoms with Gasteiger partial charge in [-0.2, -0.15) is 0 Å². The first-order valence-electron chi connectivity index (χ1n) is 8.47. The molecule has 0 saturated carbocycles. The van der Waals surface area contributed by atoms with Crippen molar-refractivity contribution in [2.24, 2.45) is 5.92 Å². The van der Waals surface area contributed by atoms with Gasteiger partial charge in [0.25, 0.3) is 0 Å². The van der Waals surface area contributed by atoms with Gasteiger partial charge in [-0.15, -0.1) is 0 Å². The maximum Gasteiger partial charge on any atom is 0.0297 e. The van der Waals surface area contributed by atoms with Crippen molar-refractivity contribution in [1.29, 1.82) is 0 Å². The van der Waals surface area contributed by atoms with Crippen LogP contribution < -0.4 is 5.32 Å². The van der Waals surface area contributed by atoms with Crippen molar-refractivity contribution >= 4 is 0 Å². The molecule has 0 aromatic heterocycles. The predicted octanol–water partition coefficient (Wildman–Crippen LogP) is 3.99. The molecular formula is C19H32N2. The summed E-state index contributed by atoms with van der Waals surface area (Å²) < 4.78 is 0. The summed E-state index contributed by atoms with van der Waals surface area (Å²) in [5.41, 5.74) is 5.70. The van der Waals surface area contributed by atoms with Crippen molar-refractivity contribution in [3.63, 3.8) is 0 Å². The molecule has 0 bridgehead atoms. The van der Waals surface area contributed by atoms with Crippen LogP contribution in [0.3, 0.4) is 0 Å². The molecule has 1 N–H and O–H groups in total. The average molecular weight is 288 g/mol. The molecule has 0 radical (unpaired) electrons. The normalized spacial score (nSPS) is 18.9. The highest BCUT2D eigenvalue weighted by atomic mass is 15.1. The second-order valence-electron chi connectivity index (χ2n) is 7.02. The Bertz CT molecular complexity index is 436. The molecule has 1 aromatic rings. The lowest BCUT2D eigenvalue weighted by Crippen LogP contribution is -2.32. The molecule has 2 nitrogen and oxygen atoms in total. The summed E-state index contributed by atoms with van der Waals surface area (Å²) >= 11 is 0. The van der Waals surface area contributed by atoms with E-state index in [4.69, 9.17) is 0 Å². The highest BCUT2D eigenvalue weighted by Gasteiger charge is 2.17. The van der Waals surface area contributed by atoms with Crippen LogP contribution in [-0.2, 0) is 0 Å². The molecular weight excluding hydrogens is 256 g/mol. The van der Waals surface area contributed by atoms with E-state index in [9.17, 15) is 0 Å². The zero-order valence-corrected chi connectivity index (χ0v) is 14.5. The van der Waals surface area contributed by atoms with Crippen LogP contribution in [-0.4, -0.2) is 31.6 Å². The van der Waals surface area contributed by atoms with E-state index in [-0.39, 0.29) is 0 Å². The Morgan fingerprint density at radius 1 is 1.14 bits per heavy atom. The van der Waals surface area contributed by atoms with Crippen LogP contribution in [0.15, 0.2) is 12.1 Å². The van der Waals surface area contributed by atoms with Crippen LogP contribution >= 0.6 is 0 Å². The van der Waals surface area contributed by atoms with Gasteiger partial charge >= 0.3 is 0 Å². The van der Waals surface area contributed by atoms with Crippen LogP contribution in [0.25, 0.3) is 0 Å². The lowest BCUT2D eigenvalue weighted by Gasteiger charge is -2.29. The molecule has 118 valence electrons. The van der Waals surface area contributed by atoms with Gasteiger partial charge < -0.3 is 10.2 Å². The number of hydrogen-bond acceptors (Lipinski definition) is 2. The topological polar surface area (TPSA) is 15.3 Å². The van der Waals surface area contributed by atoms with E-state index >= 15 is 0 Å². The van der Waals surface area contributed by atoms with E-state index in [1.807, 2.05) is 0 Å². The monoisotopic (exact) mass is 288 g/mol. The Kier molecular flexibility index (Phi) is 5.83. The highest BCUT2D eigenvalue weighted by molar-refractivity contribution is 5.39. The predicted molar refractivity (Wildman–Crippen MR) is 91.9 cm³/mol. The summed E-state index contributed by atoms with van der Waals surface area (Å²) in [7, 11) is 2.24. The minimum absolute atomic E-state index is 0.455. The molecule has 1 saturated heterocycles. The Hall–Kier alpha value is -0.860. The van der Waals surface area contributed by atoms with E-state index in [0.717, 1.165) is 12.5 Å². The first-order valence-corrected chi connectivity index (χ1v) is 8.47. The van der Waals surface area contributed by atoms with Crippen molar-refractivity contribution < 1.29 is 0 Å².